The molecule has 0 atom stereocenters. The summed E-state index contributed by atoms with van der Waals surface area (Å²) in [7, 11) is 1.82. The summed E-state index contributed by atoms with van der Waals surface area (Å²) in [4.78, 5) is 23.3. The first kappa shape index (κ1) is 14.0. The minimum Gasteiger partial charge on any atom is -0.318 e. The lowest BCUT2D eigenvalue weighted by atomic mass is 10.1. The van der Waals surface area contributed by atoms with Crippen molar-refractivity contribution in [1.82, 2.24) is 15.2 Å². The van der Waals surface area contributed by atoms with E-state index < -0.39 is 0 Å². The van der Waals surface area contributed by atoms with Crippen LogP contribution in [0.5, 0.6) is 0 Å². The number of carbonyl (C=O) groups excluding carboxylic acids is 2. The number of hydrogen-bond acceptors (Lipinski definition) is 4. The maximum Gasteiger partial charge on any atom is 0.271 e. The molecule has 0 aliphatic carbocycles. The molecule has 1 aliphatic heterocycles. The summed E-state index contributed by atoms with van der Waals surface area (Å²) in [6.07, 6.45) is 2.20. The normalized spacial score (nSPS) is 14.2. The predicted molar refractivity (Wildman–Crippen MR) is 82.1 cm³/mol. The van der Waals surface area contributed by atoms with Crippen molar-refractivity contribution in [3.63, 3.8) is 0 Å². The summed E-state index contributed by atoms with van der Waals surface area (Å²) in [5, 5.41) is 10.8. The number of aromatic nitrogens is 2. The Kier molecular flexibility index (Phi) is 3.69. The first-order valence-corrected chi connectivity index (χ1v) is 6.89. The van der Waals surface area contributed by atoms with Crippen LogP contribution < -0.4 is 10.7 Å². The van der Waals surface area contributed by atoms with Gasteiger partial charge in [-0.1, -0.05) is 30.3 Å². The highest BCUT2D eigenvalue weighted by atomic mass is 16.2. The van der Waals surface area contributed by atoms with Gasteiger partial charge in [0.1, 0.15) is 5.71 Å². The summed E-state index contributed by atoms with van der Waals surface area (Å²) in [5.41, 5.74) is 5.00. The standard InChI is InChI=1S/C15H15N5O2/c1-20-14(10-5-3-2-4-6-10)12(9-16-20)17-15(22)11-7-8-13(21)19-18-11/h2-6,9H,7-8H2,1H3,(H,17,22)(H,19,21). The van der Waals surface area contributed by atoms with Crippen molar-refractivity contribution in [3.8, 4) is 11.3 Å². The van der Waals surface area contributed by atoms with E-state index in [4.69, 9.17) is 0 Å². The predicted octanol–water partition coefficient (Wildman–Crippen LogP) is 1.29. The molecule has 0 radical (unpaired) electrons. The molecule has 0 saturated heterocycles. The van der Waals surface area contributed by atoms with Gasteiger partial charge in [0.05, 0.1) is 17.6 Å². The molecule has 0 saturated carbocycles. The molecule has 0 spiro atoms. The second-order valence-corrected chi connectivity index (χ2v) is 4.94. The van der Waals surface area contributed by atoms with Crippen LogP contribution in [0.15, 0.2) is 41.6 Å². The van der Waals surface area contributed by atoms with Gasteiger partial charge in [-0.15, -0.1) is 0 Å². The van der Waals surface area contributed by atoms with E-state index >= 15 is 0 Å². The minimum atomic E-state index is -0.329. The van der Waals surface area contributed by atoms with E-state index in [9.17, 15) is 9.59 Å². The van der Waals surface area contributed by atoms with Gasteiger partial charge in [0.25, 0.3) is 5.91 Å². The minimum absolute atomic E-state index is 0.178. The number of carbonyl (C=O) groups is 2. The molecule has 1 aromatic heterocycles. The number of aryl methyl sites for hydroxylation is 1. The molecule has 2 aromatic rings. The van der Waals surface area contributed by atoms with E-state index in [0.717, 1.165) is 11.3 Å². The summed E-state index contributed by atoms with van der Waals surface area (Å²) in [6.45, 7) is 0. The monoisotopic (exact) mass is 297 g/mol. The molecule has 2 amide bonds. The number of amides is 2. The zero-order chi connectivity index (χ0) is 15.5. The van der Waals surface area contributed by atoms with Gasteiger partial charge in [0.15, 0.2) is 0 Å². The molecule has 7 nitrogen and oxygen atoms in total. The van der Waals surface area contributed by atoms with E-state index in [1.54, 1.807) is 10.9 Å². The molecule has 1 aliphatic rings. The fraction of sp³-hybridized carbons (Fsp3) is 0.200. The fourth-order valence-electron chi connectivity index (χ4n) is 2.30. The maximum atomic E-state index is 12.2. The third-order valence-electron chi connectivity index (χ3n) is 3.40. The average molecular weight is 297 g/mol. The lowest BCUT2D eigenvalue weighted by Gasteiger charge is -2.12. The number of benzene rings is 1. The summed E-state index contributed by atoms with van der Waals surface area (Å²) < 4.78 is 1.70. The van der Waals surface area contributed by atoms with Crippen LogP contribution in [0.1, 0.15) is 12.8 Å². The van der Waals surface area contributed by atoms with Crippen LogP contribution in [0.25, 0.3) is 11.3 Å². The SMILES string of the molecule is Cn1ncc(NC(=O)C2=NNC(=O)CC2)c1-c1ccccc1. The van der Waals surface area contributed by atoms with Crippen molar-refractivity contribution in [2.45, 2.75) is 12.8 Å². The molecule has 22 heavy (non-hydrogen) atoms. The van der Waals surface area contributed by atoms with Gasteiger partial charge in [0.2, 0.25) is 5.91 Å². The van der Waals surface area contributed by atoms with E-state index in [0.29, 0.717) is 17.8 Å². The lowest BCUT2D eigenvalue weighted by Crippen LogP contribution is -2.32. The Balaban J connectivity index is 1.85. The molecule has 2 heterocycles. The first-order chi connectivity index (χ1) is 10.6. The second-order valence-electron chi connectivity index (χ2n) is 4.94. The summed E-state index contributed by atoms with van der Waals surface area (Å²) in [6, 6.07) is 9.68. The zero-order valence-corrected chi connectivity index (χ0v) is 12.0. The van der Waals surface area contributed by atoms with E-state index in [-0.39, 0.29) is 18.2 Å². The third kappa shape index (κ3) is 2.73. The van der Waals surface area contributed by atoms with Crippen LogP contribution in [0.3, 0.4) is 0 Å². The molecule has 3 rings (SSSR count). The fourth-order valence-corrected chi connectivity index (χ4v) is 2.30. The quantitative estimate of drug-likeness (QED) is 0.894. The number of hydrazone groups is 1. The van der Waals surface area contributed by atoms with Crippen molar-refractivity contribution >= 4 is 23.2 Å². The number of rotatable bonds is 3. The lowest BCUT2D eigenvalue weighted by molar-refractivity contribution is -0.121. The number of anilines is 1. The van der Waals surface area contributed by atoms with Crippen LogP contribution in [-0.4, -0.2) is 27.3 Å². The summed E-state index contributed by atoms with van der Waals surface area (Å²) >= 11 is 0. The largest absolute Gasteiger partial charge is 0.318 e. The van der Waals surface area contributed by atoms with Gasteiger partial charge in [-0.25, -0.2) is 5.43 Å². The Morgan fingerprint density at radius 3 is 2.73 bits per heavy atom. The van der Waals surface area contributed by atoms with Crippen LogP contribution in [0.4, 0.5) is 5.69 Å². The molecule has 2 N–H and O–H groups in total. The molecule has 112 valence electrons. The highest BCUT2D eigenvalue weighted by Crippen LogP contribution is 2.27. The van der Waals surface area contributed by atoms with Gasteiger partial charge < -0.3 is 5.32 Å². The highest BCUT2D eigenvalue weighted by Gasteiger charge is 2.20. The van der Waals surface area contributed by atoms with Gasteiger partial charge >= 0.3 is 0 Å². The number of nitrogens with one attached hydrogen (secondary N) is 2. The van der Waals surface area contributed by atoms with Gasteiger partial charge in [-0.05, 0) is 0 Å². The zero-order valence-electron chi connectivity index (χ0n) is 12.0. The topological polar surface area (TPSA) is 88.4 Å². The van der Waals surface area contributed by atoms with Crippen molar-refractivity contribution in [2.75, 3.05) is 5.32 Å². The molecule has 0 fully saturated rings. The molecule has 0 unspecified atom stereocenters. The van der Waals surface area contributed by atoms with Crippen LogP contribution >= 0.6 is 0 Å². The molecular formula is C15H15N5O2. The van der Waals surface area contributed by atoms with E-state index in [2.05, 4.69) is 20.9 Å². The van der Waals surface area contributed by atoms with Crippen LogP contribution in [0.2, 0.25) is 0 Å². The Bertz CT molecular complexity index is 749. The Hall–Kier alpha value is -2.96. The van der Waals surface area contributed by atoms with Gasteiger partial charge in [0, 0.05) is 25.5 Å². The van der Waals surface area contributed by atoms with Crippen molar-refractivity contribution < 1.29 is 9.59 Å². The van der Waals surface area contributed by atoms with Crippen molar-refractivity contribution in [1.29, 1.82) is 0 Å². The summed E-state index contributed by atoms with van der Waals surface area (Å²) in [5.74, 6) is -0.506. The van der Waals surface area contributed by atoms with E-state index in [1.807, 2.05) is 37.4 Å². The number of hydrogen-bond donors (Lipinski definition) is 2. The Labute approximate surface area is 127 Å². The third-order valence-corrected chi connectivity index (χ3v) is 3.40. The molecular weight excluding hydrogens is 282 g/mol. The van der Waals surface area contributed by atoms with Crippen LogP contribution in [-0.2, 0) is 16.6 Å². The Morgan fingerprint density at radius 2 is 2.05 bits per heavy atom. The average Bonchev–Trinajstić information content (AvgIpc) is 2.89. The van der Waals surface area contributed by atoms with Gasteiger partial charge in [-0.2, -0.15) is 10.2 Å². The molecule has 0 bridgehead atoms. The molecule has 7 heteroatoms. The van der Waals surface area contributed by atoms with Crippen LogP contribution in [0, 0.1) is 0 Å². The smallest absolute Gasteiger partial charge is 0.271 e. The Morgan fingerprint density at radius 1 is 1.27 bits per heavy atom. The maximum absolute atomic E-state index is 12.2. The van der Waals surface area contributed by atoms with Crippen molar-refractivity contribution in [3.05, 3.63) is 36.5 Å². The van der Waals surface area contributed by atoms with E-state index in [1.165, 1.54) is 0 Å². The van der Waals surface area contributed by atoms with Gasteiger partial charge in [-0.3, -0.25) is 14.3 Å². The molecule has 1 aromatic carbocycles. The second kappa shape index (κ2) is 5.80. The van der Waals surface area contributed by atoms with Crippen molar-refractivity contribution in [2.24, 2.45) is 12.1 Å². The number of nitrogens with zero attached hydrogens (tertiary/aromatic N) is 3. The first-order valence-electron chi connectivity index (χ1n) is 6.89. The highest BCUT2D eigenvalue weighted by molar-refractivity contribution is 6.43.